The summed E-state index contributed by atoms with van der Waals surface area (Å²) in [6, 6.07) is 5.05. The molecule has 0 aliphatic heterocycles. The second-order valence-electron chi connectivity index (χ2n) is 3.94. The Balaban J connectivity index is 2.00. The highest BCUT2D eigenvalue weighted by Gasteiger charge is 2.14. The van der Waals surface area contributed by atoms with Gasteiger partial charge < -0.3 is 5.32 Å². The Morgan fingerprint density at radius 1 is 1.35 bits per heavy atom. The lowest BCUT2D eigenvalue weighted by Gasteiger charge is -2.02. The first kappa shape index (κ1) is 14.5. The third-order valence-electron chi connectivity index (χ3n) is 2.28. The Kier molecular flexibility index (Phi) is 4.09. The van der Waals surface area contributed by atoms with Crippen LogP contribution in [0.2, 0.25) is 0 Å². The third kappa shape index (κ3) is 3.58. The number of hydrogen-bond donors (Lipinski definition) is 1. The van der Waals surface area contributed by atoms with Crippen LogP contribution in [-0.4, -0.2) is 29.9 Å². The first-order chi connectivity index (χ1) is 9.36. The van der Waals surface area contributed by atoms with Crippen LogP contribution in [0.1, 0.15) is 16.2 Å². The summed E-state index contributed by atoms with van der Waals surface area (Å²) in [6.45, 7) is 0.00221. The number of aromatic nitrogens is 2. The lowest BCUT2D eigenvalue weighted by atomic mass is 10.2. The molecule has 0 aliphatic carbocycles. The first-order valence-electron chi connectivity index (χ1n) is 5.42. The quantitative estimate of drug-likeness (QED) is 0.909. The molecule has 2 rings (SSSR count). The summed E-state index contributed by atoms with van der Waals surface area (Å²) < 4.78 is 38.9. The Bertz CT molecular complexity index is 726. The maximum Gasteiger partial charge on any atom is 0.251 e. The molecular weight excluding hydrogens is 305 g/mol. The number of nitrogens with zero attached hydrogens (tertiary/aromatic N) is 2. The summed E-state index contributed by atoms with van der Waals surface area (Å²) in [4.78, 5) is 15.5. The van der Waals surface area contributed by atoms with Gasteiger partial charge in [-0.2, -0.15) is 4.37 Å². The van der Waals surface area contributed by atoms with Crippen molar-refractivity contribution in [2.75, 3.05) is 6.26 Å². The minimum absolute atomic E-state index is 0.00221. The third-order valence-corrected chi connectivity index (χ3v) is 4.69. The van der Waals surface area contributed by atoms with Crippen molar-refractivity contribution >= 4 is 27.3 Å². The average molecular weight is 315 g/mol. The number of nitrogens with one attached hydrogen (secondary N) is 1. The number of carbonyl (C=O) groups is 1. The van der Waals surface area contributed by atoms with E-state index in [1.54, 1.807) is 0 Å². The summed E-state index contributed by atoms with van der Waals surface area (Å²) in [6.07, 6.45) is 1.04. The zero-order valence-electron chi connectivity index (χ0n) is 10.3. The first-order valence-corrected chi connectivity index (χ1v) is 8.09. The van der Waals surface area contributed by atoms with Gasteiger partial charge in [0.1, 0.15) is 5.82 Å². The van der Waals surface area contributed by atoms with E-state index >= 15 is 0 Å². The van der Waals surface area contributed by atoms with E-state index in [9.17, 15) is 17.6 Å². The van der Waals surface area contributed by atoms with Gasteiger partial charge in [0, 0.05) is 11.8 Å². The maximum absolute atomic E-state index is 12.7. The summed E-state index contributed by atoms with van der Waals surface area (Å²) in [5, 5.41) is 2.52. The van der Waals surface area contributed by atoms with Crippen LogP contribution in [0.15, 0.2) is 28.6 Å². The molecule has 1 amide bonds. The molecule has 0 fully saturated rings. The van der Waals surface area contributed by atoms with Crippen LogP contribution >= 0.6 is 11.5 Å². The van der Waals surface area contributed by atoms with E-state index in [0.29, 0.717) is 5.56 Å². The van der Waals surface area contributed by atoms with Gasteiger partial charge in [-0.1, -0.05) is 0 Å². The van der Waals surface area contributed by atoms with E-state index in [1.165, 1.54) is 24.3 Å². The number of sulfone groups is 1. The predicted molar refractivity (Wildman–Crippen MR) is 70.6 cm³/mol. The highest BCUT2D eigenvalue weighted by molar-refractivity contribution is 7.92. The zero-order valence-corrected chi connectivity index (χ0v) is 12.0. The van der Waals surface area contributed by atoms with Crippen molar-refractivity contribution in [3.63, 3.8) is 0 Å². The van der Waals surface area contributed by atoms with Crippen molar-refractivity contribution < 1.29 is 17.6 Å². The summed E-state index contributed by atoms with van der Waals surface area (Å²) in [5.74, 6) is -0.632. The molecule has 1 N–H and O–H groups in total. The summed E-state index contributed by atoms with van der Waals surface area (Å²) in [7, 11) is -3.39. The molecule has 0 aliphatic rings. The Morgan fingerprint density at radius 3 is 2.55 bits per heavy atom. The minimum Gasteiger partial charge on any atom is -0.345 e. The van der Waals surface area contributed by atoms with Crippen LogP contribution in [0.3, 0.4) is 0 Å². The topological polar surface area (TPSA) is 89.0 Å². The normalized spacial score (nSPS) is 11.3. The van der Waals surface area contributed by atoms with Gasteiger partial charge in [-0.05, 0) is 35.8 Å². The van der Waals surface area contributed by atoms with Crippen molar-refractivity contribution in [1.29, 1.82) is 0 Å². The Labute approximate surface area is 118 Å². The second kappa shape index (κ2) is 5.63. The molecule has 0 unspecified atom stereocenters. The van der Waals surface area contributed by atoms with Crippen LogP contribution in [0, 0.1) is 5.82 Å². The second-order valence-corrected chi connectivity index (χ2v) is 6.88. The fourth-order valence-electron chi connectivity index (χ4n) is 1.32. The van der Waals surface area contributed by atoms with Crippen LogP contribution in [0.25, 0.3) is 0 Å². The number of benzene rings is 1. The lowest BCUT2D eigenvalue weighted by Crippen LogP contribution is -2.23. The van der Waals surface area contributed by atoms with Gasteiger partial charge in [0.25, 0.3) is 5.91 Å². The smallest absolute Gasteiger partial charge is 0.251 e. The Hall–Kier alpha value is -1.87. The fraction of sp³-hybridized carbons (Fsp3) is 0.182. The SMILES string of the molecule is CS(=O)(=O)c1nc(CNC(=O)c2ccc(F)cc2)ns1. The van der Waals surface area contributed by atoms with E-state index in [0.717, 1.165) is 17.8 Å². The number of amides is 1. The summed E-state index contributed by atoms with van der Waals surface area (Å²) in [5.41, 5.74) is 0.296. The standard InChI is InChI=1S/C11H10FN3O3S2/c1-20(17,18)11-14-9(15-19-11)6-13-10(16)7-2-4-8(12)5-3-7/h2-5H,6H2,1H3,(H,13,16). The average Bonchev–Trinajstić information content (AvgIpc) is 2.85. The maximum atomic E-state index is 12.7. The molecule has 20 heavy (non-hydrogen) atoms. The number of halogens is 1. The van der Waals surface area contributed by atoms with E-state index < -0.39 is 21.6 Å². The van der Waals surface area contributed by atoms with Gasteiger partial charge in [-0.15, -0.1) is 0 Å². The molecule has 0 saturated carbocycles. The molecule has 0 atom stereocenters. The molecule has 1 aromatic heterocycles. The van der Waals surface area contributed by atoms with Gasteiger partial charge in [-0.3, -0.25) is 4.79 Å². The largest absolute Gasteiger partial charge is 0.345 e. The molecule has 9 heteroatoms. The van der Waals surface area contributed by atoms with E-state index in [1.807, 2.05) is 0 Å². The number of rotatable bonds is 4. The van der Waals surface area contributed by atoms with E-state index in [4.69, 9.17) is 0 Å². The monoisotopic (exact) mass is 315 g/mol. The van der Waals surface area contributed by atoms with Gasteiger partial charge in [0.15, 0.2) is 5.82 Å². The fourth-order valence-corrected chi connectivity index (χ4v) is 2.68. The molecule has 1 aromatic carbocycles. The lowest BCUT2D eigenvalue weighted by molar-refractivity contribution is 0.0950. The number of carbonyl (C=O) groups excluding carboxylic acids is 1. The molecule has 6 nitrogen and oxygen atoms in total. The van der Waals surface area contributed by atoms with Gasteiger partial charge >= 0.3 is 0 Å². The van der Waals surface area contributed by atoms with E-state index in [2.05, 4.69) is 14.7 Å². The van der Waals surface area contributed by atoms with Crippen LogP contribution in [0.5, 0.6) is 0 Å². The van der Waals surface area contributed by atoms with Crippen LogP contribution in [-0.2, 0) is 16.4 Å². The number of hydrogen-bond acceptors (Lipinski definition) is 6. The minimum atomic E-state index is -3.39. The highest BCUT2D eigenvalue weighted by atomic mass is 32.2. The molecular formula is C11H10FN3O3S2. The molecule has 106 valence electrons. The Morgan fingerprint density at radius 2 is 2.00 bits per heavy atom. The van der Waals surface area contributed by atoms with Gasteiger partial charge in [0.05, 0.1) is 6.54 Å². The molecule has 0 radical (unpaired) electrons. The summed E-state index contributed by atoms with van der Waals surface area (Å²) >= 11 is 0.756. The zero-order chi connectivity index (χ0) is 14.8. The van der Waals surface area contributed by atoms with Crippen molar-refractivity contribution in [3.05, 3.63) is 41.5 Å². The van der Waals surface area contributed by atoms with Gasteiger partial charge in [-0.25, -0.2) is 17.8 Å². The molecule has 0 saturated heterocycles. The molecule has 1 heterocycles. The van der Waals surface area contributed by atoms with Crippen LogP contribution in [0.4, 0.5) is 4.39 Å². The van der Waals surface area contributed by atoms with Crippen molar-refractivity contribution in [2.45, 2.75) is 10.9 Å². The van der Waals surface area contributed by atoms with Crippen molar-refractivity contribution in [1.82, 2.24) is 14.7 Å². The van der Waals surface area contributed by atoms with Gasteiger partial charge in [0.2, 0.25) is 14.2 Å². The molecule has 2 aromatic rings. The molecule has 0 spiro atoms. The van der Waals surface area contributed by atoms with E-state index in [-0.39, 0.29) is 16.7 Å². The molecule has 0 bridgehead atoms. The van der Waals surface area contributed by atoms with Crippen LogP contribution < -0.4 is 5.32 Å². The predicted octanol–water partition coefficient (Wildman–Crippen LogP) is 1.01. The van der Waals surface area contributed by atoms with Crippen molar-refractivity contribution in [3.8, 4) is 0 Å². The highest BCUT2D eigenvalue weighted by Crippen LogP contribution is 2.11. The van der Waals surface area contributed by atoms with Crippen molar-refractivity contribution in [2.24, 2.45) is 0 Å².